The molecule has 1 aromatic carbocycles. The first-order chi connectivity index (χ1) is 9.73. The van der Waals surface area contributed by atoms with Crippen molar-refractivity contribution >= 4 is 11.9 Å². The molecule has 0 saturated heterocycles. The fourth-order valence-electron chi connectivity index (χ4n) is 1.53. The summed E-state index contributed by atoms with van der Waals surface area (Å²) in [6.07, 6.45) is -4.44. The number of hydrogen-bond acceptors (Lipinski definition) is 3. The zero-order chi connectivity index (χ0) is 16.0. The van der Waals surface area contributed by atoms with Gasteiger partial charge in [0, 0.05) is 12.1 Å². The molecule has 0 fully saturated rings. The first-order valence-corrected chi connectivity index (χ1v) is 6.03. The highest BCUT2D eigenvalue weighted by Gasteiger charge is 2.28. The lowest BCUT2D eigenvalue weighted by atomic mass is 10.2. The van der Waals surface area contributed by atoms with Crippen molar-refractivity contribution in [3.8, 4) is 5.75 Å². The second-order valence-corrected chi connectivity index (χ2v) is 4.14. The lowest BCUT2D eigenvalue weighted by molar-refractivity contribution is -0.153. The molecule has 1 amide bonds. The molecular weight excluding hydrogens is 291 g/mol. The van der Waals surface area contributed by atoms with Gasteiger partial charge in [-0.1, -0.05) is 0 Å². The third-order valence-electron chi connectivity index (χ3n) is 2.50. The molecule has 0 unspecified atom stereocenters. The third-order valence-corrected chi connectivity index (χ3v) is 2.50. The Bertz CT molecular complexity index is 499. The quantitative estimate of drug-likeness (QED) is 0.874. The predicted molar refractivity (Wildman–Crippen MR) is 67.2 cm³/mol. The van der Waals surface area contributed by atoms with Gasteiger partial charge in [0.05, 0.1) is 0 Å². The minimum absolute atomic E-state index is 0.0230. The van der Waals surface area contributed by atoms with Gasteiger partial charge in [0.15, 0.2) is 6.61 Å². The Morgan fingerprint density at radius 2 is 1.81 bits per heavy atom. The van der Waals surface area contributed by atoms with Crippen molar-refractivity contribution in [2.75, 3.05) is 19.7 Å². The number of carbonyl (C=O) groups excluding carboxylic acids is 1. The second kappa shape index (κ2) is 6.96. The smallest absolute Gasteiger partial charge is 0.422 e. The number of nitrogens with zero attached hydrogens (tertiary/aromatic N) is 1. The zero-order valence-corrected chi connectivity index (χ0v) is 11.2. The van der Waals surface area contributed by atoms with Crippen molar-refractivity contribution in [1.82, 2.24) is 4.90 Å². The number of likely N-dealkylation sites (N-methyl/N-ethyl adjacent to an activating group) is 1. The number of hydrogen-bond donors (Lipinski definition) is 1. The molecule has 21 heavy (non-hydrogen) atoms. The molecular formula is C13H14F3NO4. The molecule has 0 spiro atoms. The van der Waals surface area contributed by atoms with Crippen molar-refractivity contribution in [3.63, 3.8) is 0 Å². The van der Waals surface area contributed by atoms with Crippen LogP contribution in [0.2, 0.25) is 0 Å². The summed E-state index contributed by atoms with van der Waals surface area (Å²) in [6, 6.07) is 5.04. The topological polar surface area (TPSA) is 66.8 Å². The molecule has 0 radical (unpaired) electrons. The Morgan fingerprint density at radius 3 is 2.24 bits per heavy atom. The van der Waals surface area contributed by atoms with E-state index in [2.05, 4.69) is 4.74 Å². The van der Waals surface area contributed by atoms with Crippen LogP contribution < -0.4 is 4.74 Å². The highest BCUT2D eigenvalue weighted by atomic mass is 19.4. The van der Waals surface area contributed by atoms with Crippen LogP contribution in [0.3, 0.4) is 0 Å². The van der Waals surface area contributed by atoms with Gasteiger partial charge in [0.1, 0.15) is 12.3 Å². The van der Waals surface area contributed by atoms with Crippen molar-refractivity contribution in [2.45, 2.75) is 13.1 Å². The second-order valence-electron chi connectivity index (χ2n) is 4.14. The number of ether oxygens (including phenoxy) is 1. The number of alkyl halides is 3. The Labute approximate surface area is 118 Å². The molecule has 0 aromatic heterocycles. The normalized spacial score (nSPS) is 11.0. The van der Waals surface area contributed by atoms with Crippen LogP contribution in [0.1, 0.15) is 17.3 Å². The lowest BCUT2D eigenvalue weighted by Crippen LogP contribution is -2.35. The largest absolute Gasteiger partial charge is 0.484 e. The monoisotopic (exact) mass is 305 g/mol. The van der Waals surface area contributed by atoms with Crippen LogP contribution in [-0.4, -0.2) is 47.8 Å². The fraction of sp³-hybridized carbons (Fsp3) is 0.385. The molecule has 5 nitrogen and oxygen atoms in total. The SMILES string of the molecule is CCN(CC(=O)O)C(=O)c1ccc(OCC(F)(F)F)cc1. The maximum absolute atomic E-state index is 12.0. The highest BCUT2D eigenvalue weighted by Crippen LogP contribution is 2.19. The number of carbonyl (C=O) groups is 2. The van der Waals surface area contributed by atoms with Crippen molar-refractivity contribution in [1.29, 1.82) is 0 Å². The van der Waals surface area contributed by atoms with Crippen LogP contribution in [0, 0.1) is 0 Å². The third kappa shape index (κ3) is 5.72. The van der Waals surface area contributed by atoms with E-state index < -0.39 is 31.2 Å². The molecule has 116 valence electrons. The van der Waals surface area contributed by atoms with E-state index in [1.54, 1.807) is 6.92 Å². The number of carboxylic acid groups (broad SMARTS) is 1. The van der Waals surface area contributed by atoms with Gasteiger partial charge in [0.25, 0.3) is 5.91 Å². The number of amides is 1. The van der Waals surface area contributed by atoms with Crippen molar-refractivity contribution in [3.05, 3.63) is 29.8 Å². The summed E-state index contributed by atoms with van der Waals surface area (Å²) in [5.74, 6) is -1.68. The number of benzene rings is 1. The summed E-state index contributed by atoms with van der Waals surface area (Å²) in [5.41, 5.74) is 0.178. The molecule has 0 atom stereocenters. The Balaban J connectivity index is 2.72. The standard InChI is InChI=1S/C13H14F3NO4/c1-2-17(7-11(18)19)12(20)9-3-5-10(6-4-9)21-8-13(14,15)16/h3-6H,2,7-8H2,1H3,(H,18,19). The molecule has 1 aromatic rings. The van der Waals surface area contributed by atoms with E-state index in [-0.39, 0.29) is 17.9 Å². The Hall–Kier alpha value is -2.25. The van der Waals surface area contributed by atoms with Gasteiger partial charge in [-0.25, -0.2) is 0 Å². The van der Waals surface area contributed by atoms with Gasteiger partial charge in [0.2, 0.25) is 0 Å². The van der Waals surface area contributed by atoms with Gasteiger partial charge in [-0.15, -0.1) is 0 Å². The minimum atomic E-state index is -4.44. The Kier molecular flexibility index (Phi) is 5.57. The highest BCUT2D eigenvalue weighted by molar-refractivity contribution is 5.95. The minimum Gasteiger partial charge on any atom is -0.484 e. The first kappa shape index (κ1) is 16.8. The van der Waals surface area contributed by atoms with E-state index >= 15 is 0 Å². The molecule has 0 aliphatic heterocycles. The predicted octanol–water partition coefficient (Wildman–Crippen LogP) is 2.17. The van der Waals surface area contributed by atoms with Crippen LogP contribution in [-0.2, 0) is 4.79 Å². The van der Waals surface area contributed by atoms with Crippen LogP contribution >= 0.6 is 0 Å². The summed E-state index contributed by atoms with van der Waals surface area (Å²) in [7, 11) is 0. The van der Waals surface area contributed by atoms with E-state index in [1.165, 1.54) is 24.3 Å². The number of rotatable bonds is 6. The van der Waals surface area contributed by atoms with Crippen LogP contribution in [0.4, 0.5) is 13.2 Å². The summed E-state index contributed by atoms with van der Waals surface area (Å²) >= 11 is 0. The van der Waals surface area contributed by atoms with Gasteiger partial charge in [-0.2, -0.15) is 13.2 Å². The summed E-state index contributed by atoms with van der Waals surface area (Å²) in [4.78, 5) is 23.7. The maximum atomic E-state index is 12.0. The molecule has 0 aliphatic carbocycles. The van der Waals surface area contributed by atoms with Gasteiger partial charge in [-0.3, -0.25) is 9.59 Å². The number of halogens is 3. The molecule has 1 N–H and O–H groups in total. The first-order valence-electron chi connectivity index (χ1n) is 6.03. The molecule has 0 saturated carbocycles. The fourth-order valence-corrected chi connectivity index (χ4v) is 1.53. The van der Waals surface area contributed by atoms with Crippen LogP contribution in [0.25, 0.3) is 0 Å². The van der Waals surface area contributed by atoms with Crippen LogP contribution in [0.5, 0.6) is 5.75 Å². The summed E-state index contributed by atoms with van der Waals surface area (Å²) in [6.45, 7) is -0.0266. The number of carboxylic acids is 1. The molecule has 8 heteroatoms. The van der Waals surface area contributed by atoms with E-state index in [9.17, 15) is 22.8 Å². The van der Waals surface area contributed by atoms with Gasteiger partial charge < -0.3 is 14.7 Å². The Morgan fingerprint density at radius 1 is 1.24 bits per heavy atom. The van der Waals surface area contributed by atoms with Gasteiger partial charge in [-0.05, 0) is 31.2 Å². The van der Waals surface area contributed by atoms with E-state index in [1.807, 2.05) is 0 Å². The maximum Gasteiger partial charge on any atom is 0.422 e. The lowest BCUT2D eigenvalue weighted by Gasteiger charge is -2.18. The van der Waals surface area contributed by atoms with Crippen molar-refractivity contribution in [2.24, 2.45) is 0 Å². The molecule has 0 bridgehead atoms. The zero-order valence-electron chi connectivity index (χ0n) is 11.2. The van der Waals surface area contributed by atoms with E-state index in [4.69, 9.17) is 5.11 Å². The molecule has 1 rings (SSSR count). The average molecular weight is 305 g/mol. The molecule has 0 heterocycles. The summed E-state index contributed by atoms with van der Waals surface area (Å²) < 4.78 is 40.5. The van der Waals surface area contributed by atoms with E-state index in [0.717, 1.165) is 4.90 Å². The molecule has 0 aliphatic rings. The average Bonchev–Trinajstić information content (AvgIpc) is 2.41. The summed E-state index contributed by atoms with van der Waals surface area (Å²) in [5, 5.41) is 8.68. The van der Waals surface area contributed by atoms with Crippen LogP contribution in [0.15, 0.2) is 24.3 Å². The van der Waals surface area contributed by atoms with E-state index in [0.29, 0.717) is 0 Å². The number of aliphatic carboxylic acids is 1. The van der Waals surface area contributed by atoms with Gasteiger partial charge >= 0.3 is 12.1 Å². The van der Waals surface area contributed by atoms with Crippen molar-refractivity contribution < 1.29 is 32.6 Å².